The highest BCUT2D eigenvalue weighted by molar-refractivity contribution is 6.00. The second-order valence-corrected chi connectivity index (χ2v) is 6.05. The van der Waals surface area contributed by atoms with Gasteiger partial charge in [-0.25, -0.2) is 0 Å². The van der Waals surface area contributed by atoms with Crippen LogP contribution in [-0.2, 0) is 11.2 Å². The number of benzene rings is 3. The molecule has 0 unspecified atom stereocenters. The van der Waals surface area contributed by atoms with Crippen molar-refractivity contribution in [3.63, 3.8) is 0 Å². The van der Waals surface area contributed by atoms with Gasteiger partial charge in [-0.15, -0.1) is 0 Å². The van der Waals surface area contributed by atoms with Crippen LogP contribution < -0.4 is 15.8 Å². The Morgan fingerprint density at radius 2 is 1.77 bits per heavy atom. The standard InChI is InChI=1S/C21H20N2O3/c1-26-18-8-4-5-14(11-18)12-19(20(22)24)23-21(25)17-10-9-15-6-2-3-7-16(15)13-17/h2-11,13,19H,12H2,1H3,(H2,22,24)(H,23,25)/t19-/m0/s1. The minimum Gasteiger partial charge on any atom is -0.497 e. The van der Waals surface area contributed by atoms with Gasteiger partial charge in [0.2, 0.25) is 5.91 Å². The second-order valence-electron chi connectivity index (χ2n) is 6.05. The number of ether oxygens (including phenoxy) is 1. The summed E-state index contributed by atoms with van der Waals surface area (Å²) in [4.78, 5) is 24.4. The molecule has 0 heterocycles. The van der Waals surface area contributed by atoms with Gasteiger partial charge in [0.15, 0.2) is 0 Å². The van der Waals surface area contributed by atoms with E-state index in [0.717, 1.165) is 16.3 Å². The third-order valence-corrected chi connectivity index (χ3v) is 4.23. The van der Waals surface area contributed by atoms with Crippen molar-refractivity contribution in [3.8, 4) is 5.75 Å². The predicted octanol–water partition coefficient (Wildman–Crippen LogP) is 2.67. The van der Waals surface area contributed by atoms with Crippen LogP contribution >= 0.6 is 0 Å². The molecule has 0 saturated carbocycles. The Labute approximate surface area is 151 Å². The summed E-state index contributed by atoms with van der Waals surface area (Å²) in [5.74, 6) is -0.226. The maximum atomic E-state index is 12.6. The van der Waals surface area contributed by atoms with Gasteiger partial charge in [-0.1, -0.05) is 42.5 Å². The third kappa shape index (κ3) is 4.00. The van der Waals surface area contributed by atoms with Gasteiger partial charge in [-0.3, -0.25) is 9.59 Å². The number of hydrogen-bond donors (Lipinski definition) is 2. The summed E-state index contributed by atoms with van der Waals surface area (Å²) in [6.07, 6.45) is 0.297. The summed E-state index contributed by atoms with van der Waals surface area (Å²) in [5.41, 5.74) is 6.83. The molecule has 0 radical (unpaired) electrons. The van der Waals surface area contributed by atoms with Gasteiger partial charge in [-0.05, 0) is 40.6 Å². The Morgan fingerprint density at radius 1 is 1.00 bits per heavy atom. The molecule has 3 aromatic rings. The number of nitrogens with two attached hydrogens (primary N) is 1. The molecular formula is C21H20N2O3. The van der Waals surface area contributed by atoms with Crippen LogP contribution in [0.2, 0.25) is 0 Å². The summed E-state index contributed by atoms with van der Waals surface area (Å²) in [7, 11) is 1.58. The van der Waals surface area contributed by atoms with Crippen molar-refractivity contribution in [2.75, 3.05) is 7.11 Å². The van der Waals surface area contributed by atoms with Gasteiger partial charge in [-0.2, -0.15) is 0 Å². The lowest BCUT2D eigenvalue weighted by Crippen LogP contribution is -2.45. The lowest BCUT2D eigenvalue weighted by molar-refractivity contribution is -0.119. The fourth-order valence-electron chi connectivity index (χ4n) is 2.83. The molecule has 0 saturated heterocycles. The van der Waals surface area contributed by atoms with Crippen molar-refractivity contribution in [1.29, 1.82) is 0 Å². The van der Waals surface area contributed by atoms with Crippen molar-refractivity contribution in [1.82, 2.24) is 5.32 Å². The molecule has 0 aliphatic carbocycles. The maximum Gasteiger partial charge on any atom is 0.251 e. The van der Waals surface area contributed by atoms with Crippen LogP contribution in [0, 0.1) is 0 Å². The molecule has 3 N–H and O–H groups in total. The van der Waals surface area contributed by atoms with E-state index in [9.17, 15) is 9.59 Å². The largest absolute Gasteiger partial charge is 0.497 e. The molecule has 0 aliphatic rings. The number of nitrogens with one attached hydrogen (secondary N) is 1. The quantitative estimate of drug-likeness (QED) is 0.718. The molecule has 1 atom stereocenters. The summed E-state index contributed by atoms with van der Waals surface area (Å²) in [6.45, 7) is 0. The van der Waals surface area contributed by atoms with Crippen LogP contribution in [0.3, 0.4) is 0 Å². The molecule has 5 nitrogen and oxygen atoms in total. The van der Waals surface area contributed by atoms with E-state index in [1.165, 1.54) is 0 Å². The van der Waals surface area contributed by atoms with Gasteiger partial charge < -0.3 is 15.8 Å². The first-order valence-corrected chi connectivity index (χ1v) is 8.29. The van der Waals surface area contributed by atoms with E-state index in [1.807, 2.05) is 54.6 Å². The number of amides is 2. The molecule has 0 bridgehead atoms. The molecule has 132 valence electrons. The first kappa shape index (κ1) is 17.5. The smallest absolute Gasteiger partial charge is 0.251 e. The average molecular weight is 348 g/mol. The second kappa shape index (κ2) is 7.70. The SMILES string of the molecule is COc1cccc(C[C@H](NC(=O)c2ccc3ccccc3c2)C(N)=O)c1. The van der Waals surface area contributed by atoms with Crippen LogP contribution in [0.15, 0.2) is 66.7 Å². The van der Waals surface area contributed by atoms with Crippen molar-refractivity contribution < 1.29 is 14.3 Å². The van der Waals surface area contributed by atoms with Crippen LogP contribution in [0.1, 0.15) is 15.9 Å². The van der Waals surface area contributed by atoms with Crippen LogP contribution in [0.5, 0.6) is 5.75 Å². The lowest BCUT2D eigenvalue weighted by Gasteiger charge is -2.16. The molecule has 0 aliphatic heterocycles. The first-order valence-electron chi connectivity index (χ1n) is 8.29. The molecule has 2 amide bonds. The summed E-state index contributed by atoms with van der Waals surface area (Å²) in [6, 6.07) is 19.7. The van der Waals surface area contributed by atoms with Crippen LogP contribution in [0.25, 0.3) is 10.8 Å². The highest BCUT2D eigenvalue weighted by Crippen LogP contribution is 2.17. The molecule has 3 rings (SSSR count). The Morgan fingerprint density at radius 3 is 2.50 bits per heavy atom. The van der Waals surface area contributed by atoms with Crippen LogP contribution in [-0.4, -0.2) is 25.0 Å². The van der Waals surface area contributed by atoms with E-state index < -0.39 is 11.9 Å². The van der Waals surface area contributed by atoms with Gasteiger partial charge in [0.25, 0.3) is 5.91 Å². The highest BCUT2D eigenvalue weighted by atomic mass is 16.5. The van der Waals surface area contributed by atoms with E-state index >= 15 is 0 Å². The fraction of sp³-hybridized carbons (Fsp3) is 0.143. The number of fused-ring (bicyclic) bond motifs is 1. The summed E-state index contributed by atoms with van der Waals surface area (Å²) >= 11 is 0. The number of carbonyl (C=O) groups excluding carboxylic acids is 2. The molecule has 0 fully saturated rings. The van der Waals surface area contributed by atoms with Gasteiger partial charge in [0, 0.05) is 12.0 Å². The Hall–Kier alpha value is -3.34. The Bertz CT molecular complexity index is 953. The number of primary amides is 1. The van der Waals surface area contributed by atoms with E-state index in [1.54, 1.807) is 19.2 Å². The Balaban J connectivity index is 1.77. The van der Waals surface area contributed by atoms with Crippen molar-refractivity contribution in [2.24, 2.45) is 5.73 Å². The van der Waals surface area contributed by atoms with E-state index in [0.29, 0.717) is 17.7 Å². The lowest BCUT2D eigenvalue weighted by atomic mass is 10.0. The minimum atomic E-state index is -0.805. The molecule has 3 aromatic carbocycles. The molecule has 0 spiro atoms. The topological polar surface area (TPSA) is 81.4 Å². The Kier molecular flexibility index (Phi) is 5.17. The summed E-state index contributed by atoms with van der Waals surface area (Å²) in [5, 5.41) is 4.74. The van der Waals surface area contributed by atoms with Crippen molar-refractivity contribution >= 4 is 22.6 Å². The number of rotatable bonds is 6. The number of hydrogen-bond acceptors (Lipinski definition) is 3. The van der Waals surface area contributed by atoms with Crippen molar-refractivity contribution in [3.05, 3.63) is 77.9 Å². The molecular weight excluding hydrogens is 328 g/mol. The zero-order valence-electron chi connectivity index (χ0n) is 14.4. The van der Waals surface area contributed by atoms with Crippen LogP contribution in [0.4, 0.5) is 0 Å². The van der Waals surface area contributed by atoms with E-state index in [2.05, 4.69) is 5.32 Å². The van der Waals surface area contributed by atoms with Gasteiger partial charge in [0.05, 0.1) is 7.11 Å². The van der Waals surface area contributed by atoms with E-state index in [4.69, 9.17) is 10.5 Å². The first-order chi connectivity index (χ1) is 12.6. The van der Waals surface area contributed by atoms with E-state index in [-0.39, 0.29) is 5.91 Å². The average Bonchev–Trinajstić information content (AvgIpc) is 2.67. The maximum absolute atomic E-state index is 12.6. The highest BCUT2D eigenvalue weighted by Gasteiger charge is 2.20. The molecule has 0 aromatic heterocycles. The zero-order chi connectivity index (χ0) is 18.5. The summed E-state index contributed by atoms with van der Waals surface area (Å²) < 4.78 is 5.18. The molecule has 5 heteroatoms. The third-order valence-electron chi connectivity index (χ3n) is 4.23. The fourth-order valence-corrected chi connectivity index (χ4v) is 2.83. The predicted molar refractivity (Wildman–Crippen MR) is 101 cm³/mol. The van der Waals surface area contributed by atoms with Gasteiger partial charge >= 0.3 is 0 Å². The number of methoxy groups -OCH3 is 1. The normalized spacial score (nSPS) is 11.7. The van der Waals surface area contributed by atoms with Crippen molar-refractivity contribution in [2.45, 2.75) is 12.5 Å². The minimum absolute atomic E-state index is 0.297. The zero-order valence-corrected chi connectivity index (χ0v) is 14.4. The monoisotopic (exact) mass is 348 g/mol. The number of carbonyl (C=O) groups is 2. The molecule has 26 heavy (non-hydrogen) atoms. The van der Waals surface area contributed by atoms with Gasteiger partial charge in [0.1, 0.15) is 11.8 Å².